The Hall–Kier alpha value is -2.00. The maximum atomic E-state index is 12.8. The van der Waals surface area contributed by atoms with E-state index in [-0.39, 0.29) is 11.8 Å². The third kappa shape index (κ3) is 2.52. The van der Waals surface area contributed by atoms with E-state index in [0.29, 0.717) is 30.4 Å². The molecule has 0 spiro atoms. The third-order valence-corrected chi connectivity index (χ3v) is 7.74. The van der Waals surface area contributed by atoms with E-state index in [1.165, 1.54) is 0 Å². The first-order chi connectivity index (χ1) is 12.6. The van der Waals surface area contributed by atoms with E-state index >= 15 is 0 Å². The number of nitrogens with one attached hydrogen (secondary N) is 1. The zero-order chi connectivity index (χ0) is 17.9. The molecule has 1 aliphatic carbocycles. The lowest BCUT2D eigenvalue weighted by Crippen LogP contribution is -2.32. The summed E-state index contributed by atoms with van der Waals surface area (Å²) in [6.07, 6.45) is 6.55. The van der Waals surface area contributed by atoms with Crippen LogP contribution in [0.1, 0.15) is 37.9 Å². The summed E-state index contributed by atoms with van der Waals surface area (Å²) in [5.74, 6) is 1.78. The average molecular weight is 374 g/mol. The van der Waals surface area contributed by atoms with Crippen LogP contribution in [0.25, 0.3) is 16.8 Å². The molecule has 138 valence electrons. The van der Waals surface area contributed by atoms with Crippen molar-refractivity contribution in [3.63, 3.8) is 0 Å². The summed E-state index contributed by atoms with van der Waals surface area (Å²) in [6, 6.07) is 1.96. The van der Waals surface area contributed by atoms with Gasteiger partial charge in [0, 0.05) is 25.2 Å². The molecule has 1 saturated carbocycles. The highest BCUT2D eigenvalue weighted by molar-refractivity contribution is 7.89. The Labute approximate surface area is 151 Å². The fourth-order valence-electron chi connectivity index (χ4n) is 4.09. The van der Waals surface area contributed by atoms with Gasteiger partial charge in [0.15, 0.2) is 11.3 Å². The van der Waals surface area contributed by atoms with Crippen LogP contribution in [0.2, 0.25) is 0 Å². The largest absolute Gasteiger partial charge is 0.345 e. The van der Waals surface area contributed by atoms with Crippen molar-refractivity contribution in [3.05, 3.63) is 24.3 Å². The molecule has 1 aliphatic heterocycles. The number of rotatable bonds is 5. The Morgan fingerprint density at radius 2 is 2.12 bits per heavy atom. The fraction of sp³-hybridized carbons (Fsp3) is 0.588. The average Bonchev–Trinajstić information content (AvgIpc) is 3.07. The lowest BCUT2D eigenvalue weighted by Gasteiger charge is -2.16. The summed E-state index contributed by atoms with van der Waals surface area (Å²) in [5.41, 5.74) is 2.40. The molecule has 3 aromatic heterocycles. The van der Waals surface area contributed by atoms with Crippen molar-refractivity contribution in [3.8, 4) is 0 Å². The number of hydrogen-bond donors (Lipinski definition) is 1. The molecule has 2 atom stereocenters. The van der Waals surface area contributed by atoms with Gasteiger partial charge < -0.3 is 4.98 Å². The molecule has 0 bridgehead atoms. The van der Waals surface area contributed by atoms with E-state index in [1.807, 2.05) is 16.7 Å². The summed E-state index contributed by atoms with van der Waals surface area (Å²) in [7, 11) is -3.19. The molecule has 0 amide bonds. The predicted octanol–water partition coefficient (Wildman–Crippen LogP) is 1.77. The van der Waals surface area contributed by atoms with Crippen molar-refractivity contribution in [2.75, 3.05) is 18.8 Å². The molecule has 2 fully saturated rings. The second-order valence-electron chi connectivity index (χ2n) is 7.54. The number of hydrogen-bond acceptors (Lipinski definition) is 5. The second kappa shape index (κ2) is 5.75. The van der Waals surface area contributed by atoms with Gasteiger partial charge in [0.2, 0.25) is 10.0 Å². The van der Waals surface area contributed by atoms with Crippen molar-refractivity contribution >= 4 is 26.8 Å². The Balaban J connectivity index is 1.54. The molecular weight excluding hydrogens is 352 g/mol. The Bertz CT molecular complexity index is 1070. The van der Waals surface area contributed by atoms with Crippen LogP contribution < -0.4 is 0 Å². The zero-order valence-electron chi connectivity index (χ0n) is 14.7. The van der Waals surface area contributed by atoms with Crippen LogP contribution in [-0.4, -0.2) is 56.1 Å². The molecule has 2 aliphatic rings. The maximum Gasteiger partial charge on any atom is 0.214 e. The molecule has 8 nitrogen and oxygen atoms in total. The fourth-order valence-corrected chi connectivity index (χ4v) is 6.04. The SMILES string of the molecule is CC[C@@H]1CN(S(=O)(=O)CC2CC2)C[C@@H]1c1nnc2cnc3[nH]ccc3n12. The van der Waals surface area contributed by atoms with Crippen LogP contribution >= 0.6 is 0 Å². The molecule has 3 aromatic rings. The van der Waals surface area contributed by atoms with Crippen LogP contribution in [-0.2, 0) is 10.0 Å². The molecule has 0 unspecified atom stereocenters. The van der Waals surface area contributed by atoms with Crippen molar-refractivity contribution < 1.29 is 8.42 Å². The van der Waals surface area contributed by atoms with Gasteiger partial charge in [0.1, 0.15) is 5.82 Å². The van der Waals surface area contributed by atoms with Crippen LogP contribution in [0, 0.1) is 11.8 Å². The molecule has 0 radical (unpaired) electrons. The second-order valence-corrected chi connectivity index (χ2v) is 9.55. The lowest BCUT2D eigenvalue weighted by atomic mass is 9.93. The molecular formula is C17H22N6O2S. The summed E-state index contributed by atoms with van der Waals surface area (Å²) in [5, 5.41) is 8.71. The highest BCUT2D eigenvalue weighted by Crippen LogP contribution is 2.38. The normalized spacial score (nSPS) is 24.8. The number of sulfonamides is 1. The number of aromatic amines is 1. The predicted molar refractivity (Wildman–Crippen MR) is 97.2 cm³/mol. The van der Waals surface area contributed by atoms with E-state index in [0.717, 1.165) is 36.3 Å². The van der Waals surface area contributed by atoms with Crippen LogP contribution in [0.5, 0.6) is 0 Å². The van der Waals surface area contributed by atoms with Gasteiger partial charge in [-0.2, -0.15) is 0 Å². The maximum absolute atomic E-state index is 12.8. The monoisotopic (exact) mass is 374 g/mol. The van der Waals surface area contributed by atoms with Gasteiger partial charge in [-0.25, -0.2) is 17.7 Å². The van der Waals surface area contributed by atoms with Crippen molar-refractivity contribution in [2.45, 2.75) is 32.1 Å². The highest BCUT2D eigenvalue weighted by atomic mass is 32.2. The number of nitrogens with zero attached hydrogens (tertiary/aromatic N) is 5. The first-order valence-corrected chi connectivity index (χ1v) is 10.8. The molecule has 1 saturated heterocycles. The van der Waals surface area contributed by atoms with E-state index in [9.17, 15) is 8.42 Å². The minimum atomic E-state index is -3.19. The van der Waals surface area contributed by atoms with Gasteiger partial charge in [0.05, 0.1) is 17.5 Å². The summed E-state index contributed by atoms with van der Waals surface area (Å²) < 4.78 is 29.2. The van der Waals surface area contributed by atoms with Crippen LogP contribution in [0.15, 0.2) is 18.5 Å². The van der Waals surface area contributed by atoms with Gasteiger partial charge in [-0.15, -0.1) is 10.2 Å². The highest BCUT2D eigenvalue weighted by Gasteiger charge is 2.42. The Kier molecular flexibility index (Phi) is 3.58. The summed E-state index contributed by atoms with van der Waals surface area (Å²) in [4.78, 5) is 7.47. The Morgan fingerprint density at radius 1 is 1.27 bits per heavy atom. The lowest BCUT2D eigenvalue weighted by molar-refractivity contribution is 0.448. The Morgan fingerprint density at radius 3 is 2.88 bits per heavy atom. The van der Waals surface area contributed by atoms with Crippen molar-refractivity contribution in [1.82, 2.24) is 28.9 Å². The molecule has 5 rings (SSSR count). The summed E-state index contributed by atoms with van der Waals surface area (Å²) >= 11 is 0. The van der Waals surface area contributed by atoms with E-state index < -0.39 is 10.0 Å². The molecule has 1 N–H and O–H groups in total. The van der Waals surface area contributed by atoms with E-state index in [4.69, 9.17) is 0 Å². The van der Waals surface area contributed by atoms with Gasteiger partial charge >= 0.3 is 0 Å². The molecule has 9 heteroatoms. The van der Waals surface area contributed by atoms with Crippen LogP contribution in [0.4, 0.5) is 0 Å². The van der Waals surface area contributed by atoms with Gasteiger partial charge in [-0.05, 0) is 30.7 Å². The number of aromatic nitrogens is 5. The first kappa shape index (κ1) is 16.2. The smallest absolute Gasteiger partial charge is 0.214 e. The summed E-state index contributed by atoms with van der Waals surface area (Å²) in [6.45, 7) is 3.18. The van der Waals surface area contributed by atoms with Crippen molar-refractivity contribution in [1.29, 1.82) is 0 Å². The van der Waals surface area contributed by atoms with Crippen molar-refractivity contribution in [2.24, 2.45) is 11.8 Å². The van der Waals surface area contributed by atoms with Crippen LogP contribution in [0.3, 0.4) is 0 Å². The minimum Gasteiger partial charge on any atom is -0.345 e. The molecule has 0 aromatic carbocycles. The zero-order valence-corrected chi connectivity index (χ0v) is 15.5. The van der Waals surface area contributed by atoms with Gasteiger partial charge in [0.25, 0.3) is 0 Å². The topological polar surface area (TPSA) is 96.2 Å². The quantitative estimate of drug-likeness (QED) is 0.734. The van der Waals surface area contributed by atoms with Gasteiger partial charge in [-0.3, -0.25) is 4.40 Å². The first-order valence-electron chi connectivity index (χ1n) is 9.21. The standard InChI is InChI=1S/C17H22N6O2S/c1-2-12-8-22(26(24,25)10-11-3-4-11)9-13(12)17-21-20-15-7-19-16-14(23(15)17)5-6-18-16/h5-7,11-13,18H,2-4,8-10H2,1H3/t12-,13+/m1/s1. The van der Waals surface area contributed by atoms with E-state index in [2.05, 4.69) is 27.1 Å². The number of fused-ring (bicyclic) bond motifs is 3. The number of H-pyrrole nitrogens is 1. The van der Waals surface area contributed by atoms with Gasteiger partial charge in [-0.1, -0.05) is 13.3 Å². The third-order valence-electron chi connectivity index (χ3n) is 5.77. The molecule has 4 heterocycles. The van der Waals surface area contributed by atoms with E-state index in [1.54, 1.807) is 10.5 Å². The molecule has 26 heavy (non-hydrogen) atoms. The minimum absolute atomic E-state index is 0.0458.